The number of anilines is 2. The van der Waals surface area contributed by atoms with E-state index in [9.17, 15) is 14.9 Å². The summed E-state index contributed by atoms with van der Waals surface area (Å²) < 4.78 is 11.3. The third kappa shape index (κ3) is 6.08. The Labute approximate surface area is 179 Å². The summed E-state index contributed by atoms with van der Waals surface area (Å²) in [6.45, 7) is 12.1. The second kappa shape index (κ2) is 8.80. The average molecular weight is 413 g/mol. The lowest BCUT2D eigenvalue weighted by Gasteiger charge is -2.38. The van der Waals surface area contributed by atoms with Crippen molar-refractivity contribution in [1.82, 2.24) is 0 Å². The summed E-state index contributed by atoms with van der Waals surface area (Å²) >= 11 is 0. The van der Waals surface area contributed by atoms with E-state index < -0.39 is 30.0 Å². The number of nitrogens with zero attached hydrogens (tertiary/aromatic N) is 1. The van der Waals surface area contributed by atoms with Crippen molar-refractivity contribution < 1.29 is 24.3 Å². The van der Waals surface area contributed by atoms with Crippen LogP contribution in [0, 0.1) is 0 Å². The number of carbonyl (C=O) groups excluding carboxylic acids is 1. The predicted octanol–water partition coefficient (Wildman–Crippen LogP) is 4.01. The summed E-state index contributed by atoms with van der Waals surface area (Å²) in [5, 5.41) is 20.7. The molecule has 2 aromatic carbocycles. The van der Waals surface area contributed by atoms with Gasteiger partial charge in [-0.3, -0.25) is 0 Å². The fraction of sp³-hybridized carbons (Fsp3) is 0.435. The Hall–Kier alpha value is -2.35. The van der Waals surface area contributed by atoms with Gasteiger partial charge < -0.3 is 19.5 Å². The van der Waals surface area contributed by atoms with Crippen molar-refractivity contribution in [2.45, 2.75) is 65.3 Å². The Kier molecular flexibility index (Phi) is 7.02. The molecular formula is C23H32BNO5. The third-order valence-corrected chi connectivity index (χ3v) is 4.91. The Bertz CT molecular complexity index is 839. The molecule has 0 saturated carbocycles. The molecule has 0 aromatic heterocycles. The summed E-state index contributed by atoms with van der Waals surface area (Å²) in [7, 11) is -1.23. The lowest BCUT2D eigenvalue weighted by molar-refractivity contribution is -0.0982. The molecule has 0 fully saturated rings. The average Bonchev–Trinajstić information content (AvgIpc) is 2.60. The van der Waals surface area contributed by atoms with Crippen molar-refractivity contribution in [1.29, 1.82) is 0 Å². The Morgan fingerprint density at radius 1 is 0.867 bits per heavy atom. The highest BCUT2D eigenvalue weighted by molar-refractivity contribution is 6.60. The van der Waals surface area contributed by atoms with Gasteiger partial charge in [-0.1, -0.05) is 30.3 Å². The van der Waals surface area contributed by atoms with E-state index in [1.54, 1.807) is 52.0 Å². The lowest BCUT2D eigenvalue weighted by Crippen LogP contribution is -2.53. The van der Waals surface area contributed by atoms with Crippen LogP contribution in [-0.4, -0.2) is 40.1 Å². The number of benzene rings is 2. The predicted molar refractivity (Wildman–Crippen MR) is 120 cm³/mol. The van der Waals surface area contributed by atoms with Gasteiger partial charge >= 0.3 is 13.2 Å². The van der Waals surface area contributed by atoms with Crippen molar-refractivity contribution >= 4 is 30.0 Å². The maximum absolute atomic E-state index is 12.9. The molecule has 2 aromatic rings. The molecule has 2 rings (SSSR count). The minimum Gasteiger partial charge on any atom is -0.443 e. The molecule has 0 aliphatic heterocycles. The summed E-state index contributed by atoms with van der Waals surface area (Å²) in [6, 6.07) is 16.0. The van der Waals surface area contributed by atoms with Crippen LogP contribution in [0.4, 0.5) is 16.2 Å². The van der Waals surface area contributed by atoms with Crippen LogP contribution in [0.25, 0.3) is 0 Å². The largest absolute Gasteiger partial charge is 0.491 e. The zero-order valence-corrected chi connectivity index (χ0v) is 18.8. The maximum Gasteiger partial charge on any atom is 0.491 e. The Balaban J connectivity index is 2.30. The molecule has 2 N–H and O–H groups in total. The highest BCUT2D eigenvalue weighted by atomic mass is 16.6. The highest BCUT2D eigenvalue weighted by Crippen LogP contribution is 2.28. The minimum atomic E-state index is -1.23. The smallest absolute Gasteiger partial charge is 0.443 e. The van der Waals surface area contributed by atoms with Crippen molar-refractivity contribution in [3.8, 4) is 0 Å². The lowest BCUT2D eigenvalue weighted by atomic mass is 9.76. The summed E-state index contributed by atoms with van der Waals surface area (Å²) in [5.41, 5.74) is -0.996. The number of para-hydroxylation sites is 1. The SMILES string of the molecule is CC(C)(C)OC(=O)N(c1ccccc1)c1ccc(B(O)OC(C)(C)C(C)(C)O)cc1. The number of ether oxygens (including phenoxy) is 1. The van der Waals surface area contributed by atoms with Crippen molar-refractivity contribution in [3.63, 3.8) is 0 Å². The molecule has 0 unspecified atom stereocenters. The molecule has 30 heavy (non-hydrogen) atoms. The second-order valence-corrected chi connectivity index (χ2v) is 9.28. The van der Waals surface area contributed by atoms with Crippen molar-refractivity contribution in [2.75, 3.05) is 4.90 Å². The summed E-state index contributed by atoms with van der Waals surface area (Å²) in [4.78, 5) is 14.4. The number of hydrogen-bond acceptors (Lipinski definition) is 5. The van der Waals surface area contributed by atoms with Gasteiger partial charge in [0.1, 0.15) is 5.60 Å². The molecule has 0 spiro atoms. The molecule has 0 heterocycles. The van der Waals surface area contributed by atoms with Crippen LogP contribution in [0.3, 0.4) is 0 Å². The van der Waals surface area contributed by atoms with Crippen LogP contribution >= 0.6 is 0 Å². The normalized spacial score (nSPS) is 12.4. The monoisotopic (exact) mass is 413 g/mol. The van der Waals surface area contributed by atoms with E-state index in [0.29, 0.717) is 16.8 Å². The molecule has 6 nitrogen and oxygen atoms in total. The van der Waals surface area contributed by atoms with Crippen molar-refractivity contribution in [2.24, 2.45) is 0 Å². The van der Waals surface area contributed by atoms with E-state index in [0.717, 1.165) is 0 Å². The van der Waals surface area contributed by atoms with Crippen molar-refractivity contribution in [3.05, 3.63) is 54.6 Å². The van der Waals surface area contributed by atoms with Crippen LogP contribution in [0.5, 0.6) is 0 Å². The summed E-state index contributed by atoms with van der Waals surface area (Å²) in [6.07, 6.45) is -0.499. The van der Waals surface area contributed by atoms with Crippen LogP contribution in [0.15, 0.2) is 54.6 Å². The molecule has 0 bridgehead atoms. The zero-order chi connectivity index (χ0) is 22.7. The molecule has 7 heteroatoms. The van der Waals surface area contributed by atoms with Gasteiger partial charge in [-0.15, -0.1) is 0 Å². The number of carbonyl (C=O) groups is 1. The second-order valence-electron chi connectivity index (χ2n) is 9.28. The van der Waals surface area contributed by atoms with E-state index in [4.69, 9.17) is 9.39 Å². The van der Waals surface area contributed by atoms with Gasteiger partial charge in [0.05, 0.1) is 22.6 Å². The standard InChI is InChI=1S/C23H32BNO5/c1-21(2,3)29-20(26)25(18-11-9-8-10-12-18)19-15-13-17(14-16-19)24(28)30-23(6,7)22(4,5)27/h8-16,27-28H,1-7H3. The van der Waals surface area contributed by atoms with E-state index >= 15 is 0 Å². The topological polar surface area (TPSA) is 79.2 Å². The van der Waals surface area contributed by atoms with Gasteiger partial charge in [-0.25, -0.2) is 9.69 Å². The number of amides is 1. The van der Waals surface area contributed by atoms with Crippen LogP contribution in [-0.2, 0) is 9.39 Å². The van der Waals surface area contributed by atoms with Crippen LogP contribution < -0.4 is 10.4 Å². The van der Waals surface area contributed by atoms with E-state index in [1.807, 2.05) is 51.1 Å². The number of hydrogen-bond donors (Lipinski definition) is 2. The van der Waals surface area contributed by atoms with Gasteiger partial charge in [0, 0.05) is 0 Å². The third-order valence-electron chi connectivity index (χ3n) is 4.91. The number of rotatable bonds is 6. The van der Waals surface area contributed by atoms with Gasteiger partial charge in [0.25, 0.3) is 0 Å². The van der Waals surface area contributed by atoms with Crippen LogP contribution in [0.1, 0.15) is 48.5 Å². The first kappa shape index (κ1) is 23.9. The van der Waals surface area contributed by atoms with Gasteiger partial charge in [-0.05, 0) is 78.2 Å². The maximum atomic E-state index is 12.9. The fourth-order valence-corrected chi connectivity index (χ4v) is 2.52. The first-order valence-corrected chi connectivity index (χ1v) is 9.98. The Morgan fingerprint density at radius 3 is 1.83 bits per heavy atom. The molecule has 1 amide bonds. The first-order valence-electron chi connectivity index (χ1n) is 9.98. The molecule has 162 valence electrons. The summed E-state index contributed by atoms with van der Waals surface area (Å²) in [5.74, 6) is 0. The fourth-order valence-electron chi connectivity index (χ4n) is 2.52. The van der Waals surface area contributed by atoms with E-state index in [1.165, 1.54) is 4.90 Å². The molecule has 0 radical (unpaired) electrons. The van der Waals surface area contributed by atoms with Gasteiger partial charge in [0.2, 0.25) is 0 Å². The van der Waals surface area contributed by atoms with Gasteiger partial charge in [0.15, 0.2) is 0 Å². The highest BCUT2D eigenvalue weighted by Gasteiger charge is 2.39. The number of aliphatic hydroxyl groups is 1. The van der Waals surface area contributed by atoms with E-state index in [-0.39, 0.29) is 0 Å². The minimum absolute atomic E-state index is 0.499. The molecule has 0 atom stereocenters. The van der Waals surface area contributed by atoms with Crippen LogP contribution in [0.2, 0.25) is 0 Å². The zero-order valence-electron chi connectivity index (χ0n) is 18.8. The Morgan fingerprint density at radius 2 is 1.37 bits per heavy atom. The molecule has 0 aliphatic carbocycles. The molecule has 0 saturated heterocycles. The molecule has 0 aliphatic rings. The quantitative estimate of drug-likeness (QED) is 0.700. The van der Waals surface area contributed by atoms with E-state index in [2.05, 4.69) is 0 Å². The van der Waals surface area contributed by atoms with Gasteiger partial charge in [-0.2, -0.15) is 0 Å². The first-order chi connectivity index (χ1) is 13.7. The molecular weight excluding hydrogens is 381 g/mol.